The molecule has 0 amide bonds. The Hall–Kier alpha value is -2.43. The zero-order chi connectivity index (χ0) is 14.4. The van der Waals surface area contributed by atoms with Gasteiger partial charge < -0.3 is 19.8 Å². The van der Waals surface area contributed by atoms with Gasteiger partial charge in [-0.3, -0.25) is 4.79 Å². The number of methoxy groups -OCH3 is 1. The van der Waals surface area contributed by atoms with Crippen LogP contribution < -0.4 is 20.8 Å². The summed E-state index contributed by atoms with van der Waals surface area (Å²) >= 11 is 0. The van der Waals surface area contributed by atoms with Crippen LogP contribution >= 0.6 is 0 Å². The maximum atomic E-state index is 11.9. The molecule has 5 nitrogen and oxygen atoms in total. The van der Waals surface area contributed by atoms with E-state index < -0.39 is 0 Å². The largest absolute Gasteiger partial charge is 0.493 e. The summed E-state index contributed by atoms with van der Waals surface area (Å²) < 4.78 is 12.2. The van der Waals surface area contributed by atoms with E-state index in [0.29, 0.717) is 24.6 Å². The lowest BCUT2D eigenvalue weighted by Crippen LogP contribution is -2.21. The van der Waals surface area contributed by atoms with Crippen LogP contribution in [0.25, 0.3) is 0 Å². The van der Waals surface area contributed by atoms with Crippen LogP contribution in [0.2, 0.25) is 0 Å². The number of aromatic nitrogens is 1. The molecule has 0 aliphatic rings. The summed E-state index contributed by atoms with van der Waals surface area (Å²) in [5, 5.41) is 0. The van der Waals surface area contributed by atoms with Crippen LogP contribution in [0.1, 0.15) is 6.42 Å². The molecule has 20 heavy (non-hydrogen) atoms. The van der Waals surface area contributed by atoms with Gasteiger partial charge in [-0.05, 0) is 30.7 Å². The van der Waals surface area contributed by atoms with Crippen molar-refractivity contribution in [2.24, 2.45) is 0 Å². The second kappa shape index (κ2) is 6.65. The normalized spacial score (nSPS) is 10.2. The summed E-state index contributed by atoms with van der Waals surface area (Å²) in [5.74, 6) is 1.09. The number of pyridine rings is 1. The lowest BCUT2D eigenvalue weighted by molar-refractivity contribution is 0.300. The van der Waals surface area contributed by atoms with E-state index in [1.165, 1.54) is 7.11 Å². The Labute approximate surface area is 117 Å². The second-order valence-electron chi connectivity index (χ2n) is 4.35. The fraction of sp³-hybridized carbons (Fsp3) is 0.267. The molecule has 5 heteroatoms. The van der Waals surface area contributed by atoms with E-state index in [1.54, 1.807) is 29.0 Å². The lowest BCUT2D eigenvalue weighted by atomic mass is 10.3. The van der Waals surface area contributed by atoms with E-state index in [1.807, 2.05) is 18.2 Å². The number of hydrogen-bond donors (Lipinski definition) is 1. The standard InChI is InChI=1S/C15H18N2O3/c1-19-14-7-3-8-17(15(14)18)9-4-10-20-13-6-2-5-12(16)11-13/h2-3,5-8,11H,4,9-10,16H2,1H3. The molecule has 0 spiro atoms. The average molecular weight is 274 g/mol. The first-order valence-electron chi connectivity index (χ1n) is 6.42. The number of nitrogens with zero attached hydrogens (tertiary/aromatic N) is 1. The van der Waals surface area contributed by atoms with Crippen LogP contribution in [0.15, 0.2) is 47.4 Å². The van der Waals surface area contributed by atoms with Crippen LogP contribution in [0, 0.1) is 0 Å². The van der Waals surface area contributed by atoms with Crippen molar-refractivity contribution in [2.75, 3.05) is 19.5 Å². The molecule has 1 heterocycles. The van der Waals surface area contributed by atoms with E-state index >= 15 is 0 Å². The molecule has 0 unspecified atom stereocenters. The first-order chi connectivity index (χ1) is 9.70. The van der Waals surface area contributed by atoms with E-state index in [2.05, 4.69) is 0 Å². The number of rotatable bonds is 6. The molecule has 0 saturated heterocycles. The first kappa shape index (κ1) is 14.0. The summed E-state index contributed by atoms with van der Waals surface area (Å²) in [7, 11) is 1.49. The van der Waals surface area contributed by atoms with E-state index in [0.717, 1.165) is 12.2 Å². The van der Waals surface area contributed by atoms with Gasteiger partial charge in [0.05, 0.1) is 13.7 Å². The maximum Gasteiger partial charge on any atom is 0.292 e. The van der Waals surface area contributed by atoms with Crippen molar-refractivity contribution in [1.82, 2.24) is 4.57 Å². The molecule has 2 rings (SSSR count). The predicted molar refractivity (Wildman–Crippen MR) is 78.2 cm³/mol. The molecule has 0 fully saturated rings. The molecule has 0 atom stereocenters. The number of aryl methyl sites for hydroxylation is 1. The summed E-state index contributed by atoms with van der Waals surface area (Å²) in [6, 6.07) is 10.7. The van der Waals surface area contributed by atoms with Crippen molar-refractivity contribution in [2.45, 2.75) is 13.0 Å². The molecule has 2 aromatic rings. The Balaban J connectivity index is 1.86. The molecule has 0 aliphatic carbocycles. The summed E-state index contributed by atoms with van der Waals surface area (Å²) in [6.07, 6.45) is 2.47. The molecule has 1 aromatic carbocycles. The van der Waals surface area contributed by atoms with Gasteiger partial charge in [-0.25, -0.2) is 0 Å². The highest BCUT2D eigenvalue weighted by Crippen LogP contribution is 2.14. The number of hydrogen-bond acceptors (Lipinski definition) is 4. The SMILES string of the molecule is COc1cccn(CCCOc2cccc(N)c2)c1=O. The average Bonchev–Trinajstić information content (AvgIpc) is 2.45. The van der Waals surface area contributed by atoms with Crippen LogP contribution in [0.4, 0.5) is 5.69 Å². The van der Waals surface area contributed by atoms with Gasteiger partial charge >= 0.3 is 0 Å². The smallest absolute Gasteiger partial charge is 0.292 e. The van der Waals surface area contributed by atoms with Crippen LogP contribution in [-0.2, 0) is 6.54 Å². The van der Waals surface area contributed by atoms with Gasteiger partial charge in [-0.15, -0.1) is 0 Å². The quantitative estimate of drug-likeness (QED) is 0.645. The minimum absolute atomic E-state index is 0.126. The third-order valence-corrected chi connectivity index (χ3v) is 2.88. The monoisotopic (exact) mass is 274 g/mol. The predicted octanol–water partition coefficient (Wildman–Crippen LogP) is 1.91. The topological polar surface area (TPSA) is 66.5 Å². The molecule has 2 N–H and O–H groups in total. The van der Waals surface area contributed by atoms with Gasteiger partial charge in [0.1, 0.15) is 5.75 Å². The van der Waals surface area contributed by atoms with Crippen LogP contribution in [-0.4, -0.2) is 18.3 Å². The van der Waals surface area contributed by atoms with E-state index in [-0.39, 0.29) is 5.56 Å². The lowest BCUT2D eigenvalue weighted by Gasteiger charge is -2.09. The molecule has 0 aliphatic heterocycles. The van der Waals surface area contributed by atoms with Gasteiger partial charge in [-0.2, -0.15) is 0 Å². The number of nitrogen functional groups attached to an aromatic ring is 1. The molecule has 0 radical (unpaired) electrons. The molecular formula is C15H18N2O3. The van der Waals surface area contributed by atoms with E-state index in [9.17, 15) is 4.79 Å². The van der Waals surface area contributed by atoms with Crippen molar-refractivity contribution in [3.8, 4) is 11.5 Å². The van der Waals surface area contributed by atoms with Crippen LogP contribution in [0.5, 0.6) is 11.5 Å². The van der Waals surface area contributed by atoms with Gasteiger partial charge in [-0.1, -0.05) is 6.07 Å². The van der Waals surface area contributed by atoms with Crippen molar-refractivity contribution in [1.29, 1.82) is 0 Å². The second-order valence-corrected chi connectivity index (χ2v) is 4.35. The molecule has 106 valence electrons. The van der Waals surface area contributed by atoms with Crippen molar-refractivity contribution in [3.63, 3.8) is 0 Å². The van der Waals surface area contributed by atoms with Crippen molar-refractivity contribution in [3.05, 3.63) is 52.9 Å². The number of ether oxygens (including phenoxy) is 2. The summed E-state index contributed by atoms with van der Waals surface area (Å²) in [6.45, 7) is 1.10. The zero-order valence-electron chi connectivity index (χ0n) is 11.4. The van der Waals surface area contributed by atoms with Gasteiger partial charge in [0.25, 0.3) is 5.56 Å². The molecule has 0 saturated carbocycles. The van der Waals surface area contributed by atoms with Gasteiger partial charge in [0, 0.05) is 24.5 Å². The highest BCUT2D eigenvalue weighted by Gasteiger charge is 2.02. The Morgan fingerprint density at radius 2 is 2.10 bits per heavy atom. The minimum Gasteiger partial charge on any atom is -0.493 e. The number of anilines is 1. The minimum atomic E-state index is -0.126. The summed E-state index contributed by atoms with van der Waals surface area (Å²) in [4.78, 5) is 11.9. The summed E-state index contributed by atoms with van der Waals surface area (Å²) in [5.41, 5.74) is 6.21. The zero-order valence-corrected chi connectivity index (χ0v) is 11.4. The van der Waals surface area contributed by atoms with E-state index in [4.69, 9.17) is 15.2 Å². The molecular weight excluding hydrogens is 256 g/mol. The Morgan fingerprint density at radius 3 is 2.85 bits per heavy atom. The fourth-order valence-electron chi connectivity index (χ4n) is 1.88. The Kier molecular flexibility index (Phi) is 4.65. The number of nitrogens with two attached hydrogens (primary N) is 1. The highest BCUT2D eigenvalue weighted by molar-refractivity contribution is 5.43. The van der Waals surface area contributed by atoms with Crippen molar-refractivity contribution < 1.29 is 9.47 Å². The van der Waals surface area contributed by atoms with Crippen molar-refractivity contribution >= 4 is 5.69 Å². The Bertz CT molecular complexity index is 623. The molecule has 1 aromatic heterocycles. The third kappa shape index (κ3) is 3.54. The van der Waals surface area contributed by atoms with Crippen LogP contribution in [0.3, 0.4) is 0 Å². The Morgan fingerprint density at radius 1 is 1.25 bits per heavy atom. The molecule has 0 bridgehead atoms. The van der Waals surface area contributed by atoms with Gasteiger partial charge in [0.15, 0.2) is 5.75 Å². The first-order valence-corrected chi connectivity index (χ1v) is 6.42. The fourth-order valence-corrected chi connectivity index (χ4v) is 1.88. The third-order valence-electron chi connectivity index (χ3n) is 2.88. The maximum absolute atomic E-state index is 11.9. The number of benzene rings is 1. The highest BCUT2D eigenvalue weighted by atomic mass is 16.5. The van der Waals surface area contributed by atoms with Gasteiger partial charge in [0.2, 0.25) is 0 Å².